The van der Waals surface area contributed by atoms with Crippen LogP contribution >= 0.6 is 0 Å². The highest BCUT2D eigenvalue weighted by atomic mass is 16.5. The molecule has 5 heteroatoms. The predicted molar refractivity (Wildman–Crippen MR) is 68.8 cm³/mol. The SMILES string of the molecule is CC1CCC(c2noc(-c3cccc(O)c3O)n2)C1. The van der Waals surface area contributed by atoms with Crippen LogP contribution in [0.5, 0.6) is 11.5 Å². The van der Waals surface area contributed by atoms with Crippen LogP contribution < -0.4 is 0 Å². The molecule has 2 aromatic rings. The van der Waals surface area contributed by atoms with Gasteiger partial charge in [0, 0.05) is 5.92 Å². The molecule has 0 saturated heterocycles. The van der Waals surface area contributed by atoms with E-state index in [1.165, 1.54) is 12.5 Å². The third kappa shape index (κ3) is 2.16. The van der Waals surface area contributed by atoms with Gasteiger partial charge in [-0.2, -0.15) is 4.98 Å². The van der Waals surface area contributed by atoms with Crippen molar-refractivity contribution in [1.82, 2.24) is 10.1 Å². The van der Waals surface area contributed by atoms with Gasteiger partial charge in [0.25, 0.3) is 5.89 Å². The lowest BCUT2D eigenvalue weighted by molar-refractivity contribution is 0.394. The number of phenols is 2. The van der Waals surface area contributed by atoms with Gasteiger partial charge in [-0.3, -0.25) is 0 Å². The van der Waals surface area contributed by atoms with Crippen LogP contribution in [0, 0.1) is 5.92 Å². The van der Waals surface area contributed by atoms with E-state index in [-0.39, 0.29) is 17.4 Å². The Morgan fingerprint density at radius 1 is 1.26 bits per heavy atom. The highest BCUT2D eigenvalue weighted by Gasteiger charge is 2.27. The number of hydrogen-bond acceptors (Lipinski definition) is 5. The number of nitrogens with zero attached hydrogens (tertiary/aromatic N) is 2. The van der Waals surface area contributed by atoms with E-state index in [9.17, 15) is 10.2 Å². The van der Waals surface area contributed by atoms with Gasteiger partial charge in [0.15, 0.2) is 17.3 Å². The zero-order chi connectivity index (χ0) is 13.4. The van der Waals surface area contributed by atoms with Crippen molar-refractivity contribution in [2.45, 2.75) is 32.1 Å². The number of para-hydroxylation sites is 1. The number of phenolic OH excluding ortho intramolecular Hbond substituents is 2. The van der Waals surface area contributed by atoms with Crippen molar-refractivity contribution in [3.05, 3.63) is 24.0 Å². The summed E-state index contributed by atoms with van der Waals surface area (Å²) in [5.74, 6) is 1.57. The lowest BCUT2D eigenvalue weighted by atomic mass is 10.1. The highest BCUT2D eigenvalue weighted by Crippen LogP contribution is 2.39. The van der Waals surface area contributed by atoms with Gasteiger partial charge < -0.3 is 14.7 Å². The van der Waals surface area contributed by atoms with E-state index in [1.54, 1.807) is 12.1 Å². The largest absolute Gasteiger partial charge is 0.504 e. The molecule has 5 nitrogen and oxygen atoms in total. The molecule has 2 unspecified atom stereocenters. The highest BCUT2D eigenvalue weighted by molar-refractivity contribution is 5.66. The van der Waals surface area contributed by atoms with Crippen LogP contribution in [-0.2, 0) is 0 Å². The standard InChI is InChI=1S/C14H16N2O3/c1-8-5-6-9(7-8)13-15-14(19-16-13)10-3-2-4-11(17)12(10)18/h2-4,8-9,17-18H,5-7H2,1H3. The fourth-order valence-corrected chi connectivity index (χ4v) is 2.66. The molecule has 0 amide bonds. The van der Waals surface area contributed by atoms with Gasteiger partial charge in [-0.25, -0.2) is 0 Å². The molecule has 0 bridgehead atoms. The Labute approximate surface area is 110 Å². The number of benzene rings is 1. The molecule has 2 atom stereocenters. The first-order valence-corrected chi connectivity index (χ1v) is 6.50. The van der Waals surface area contributed by atoms with Gasteiger partial charge in [0.2, 0.25) is 0 Å². The van der Waals surface area contributed by atoms with Gasteiger partial charge in [-0.1, -0.05) is 18.1 Å². The molecule has 1 heterocycles. The van der Waals surface area contributed by atoms with Gasteiger partial charge in [-0.05, 0) is 37.3 Å². The van der Waals surface area contributed by atoms with Crippen molar-refractivity contribution in [2.75, 3.05) is 0 Å². The topological polar surface area (TPSA) is 79.4 Å². The van der Waals surface area contributed by atoms with Crippen molar-refractivity contribution < 1.29 is 14.7 Å². The van der Waals surface area contributed by atoms with Crippen molar-refractivity contribution in [1.29, 1.82) is 0 Å². The van der Waals surface area contributed by atoms with Crippen LogP contribution in [0.15, 0.2) is 22.7 Å². The lowest BCUT2D eigenvalue weighted by Gasteiger charge is -2.02. The Morgan fingerprint density at radius 3 is 2.84 bits per heavy atom. The van der Waals surface area contributed by atoms with E-state index < -0.39 is 0 Å². The van der Waals surface area contributed by atoms with E-state index >= 15 is 0 Å². The van der Waals surface area contributed by atoms with Crippen LogP contribution in [0.2, 0.25) is 0 Å². The quantitative estimate of drug-likeness (QED) is 0.811. The molecule has 0 spiro atoms. The van der Waals surface area contributed by atoms with Crippen LogP contribution in [0.25, 0.3) is 11.5 Å². The monoisotopic (exact) mass is 260 g/mol. The molecule has 0 radical (unpaired) electrons. The predicted octanol–water partition coefficient (Wildman–Crippen LogP) is 3.05. The number of hydrogen-bond donors (Lipinski definition) is 2. The average molecular weight is 260 g/mol. The molecule has 1 aromatic heterocycles. The summed E-state index contributed by atoms with van der Waals surface area (Å²) in [6, 6.07) is 4.68. The average Bonchev–Trinajstić information content (AvgIpc) is 3.01. The molecule has 1 aromatic carbocycles. The Hall–Kier alpha value is -2.04. The van der Waals surface area contributed by atoms with E-state index in [2.05, 4.69) is 17.1 Å². The van der Waals surface area contributed by atoms with Gasteiger partial charge in [0.1, 0.15) is 0 Å². The third-order valence-electron chi connectivity index (χ3n) is 3.75. The molecular formula is C14H16N2O3. The number of aromatic hydroxyl groups is 2. The maximum Gasteiger partial charge on any atom is 0.261 e. The van der Waals surface area contributed by atoms with Crippen molar-refractivity contribution in [3.8, 4) is 23.0 Å². The number of rotatable bonds is 2. The van der Waals surface area contributed by atoms with Crippen LogP contribution in [-0.4, -0.2) is 20.4 Å². The Balaban J connectivity index is 1.91. The molecule has 1 saturated carbocycles. The second kappa shape index (κ2) is 4.57. The van der Waals surface area contributed by atoms with E-state index in [0.717, 1.165) is 12.8 Å². The number of aromatic nitrogens is 2. The van der Waals surface area contributed by atoms with Gasteiger partial charge in [0.05, 0.1) is 5.56 Å². The normalized spacial score (nSPS) is 22.8. The first-order valence-electron chi connectivity index (χ1n) is 6.50. The first-order chi connectivity index (χ1) is 9.15. The Bertz CT molecular complexity index is 594. The minimum Gasteiger partial charge on any atom is -0.504 e. The zero-order valence-electron chi connectivity index (χ0n) is 10.7. The van der Waals surface area contributed by atoms with Gasteiger partial charge in [-0.15, -0.1) is 0 Å². The van der Waals surface area contributed by atoms with E-state index in [1.807, 2.05) is 0 Å². The Morgan fingerprint density at radius 2 is 2.11 bits per heavy atom. The molecule has 1 fully saturated rings. The first kappa shape index (κ1) is 12.0. The molecule has 1 aliphatic carbocycles. The molecule has 1 aliphatic rings. The third-order valence-corrected chi connectivity index (χ3v) is 3.75. The van der Waals surface area contributed by atoms with Crippen molar-refractivity contribution >= 4 is 0 Å². The van der Waals surface area contributed by atoms with Gasteiger partial charge >= 0.3 is 0 Å². The summed E-state index contributed by atoms with van der Waals surface area (Å²) < 4.78 is 5.20. The summed E-state index contributed by atoms with van der Waals surface area (Å²) in [6.45, 7) is 2.22. The molecule has 19 heavy (non-hydrogen) atoms. The summed E-state index contributed by atoms with van der Waals surface area (Å²) in [7, 11) is 0. The fraction of sp³-hybridized carbons (Fsp3) is 0.429. The summed E-state index contributed by atoms with van der Waals surface area (Å²) in [5, 5.41) is 23.3. The molecule has 3 rings (SSSR count). The van der Waals surface area contributed by atoms with Crippen LogP contribution in [0.1, 0.15) is 37.9 Å². The lowest BCUT2D eigenvalue weighted by Crippen LogP contribution is -1.96. The van der Waals surface area contributed by atoms with E-state index in [0.29, 0.717) is 23.2 Å². The molecule has 100 valence electrons. The summed E-state index contributed by atoms with van der Waals surface area (Å²) in [5.41, 5.74) is 0.366. The van der Waals surface area contributed by atoms with Crippen LogP contribution in [0.3, 0.4) is 0 Å². The second-order valence-corrected chi connectivity index (χ2v) is 5.25. The summed E-state index contributed by atoms with van der Waals surface area (Å²) >= 11 is 0. The molecule has 0 aliphatic heterocycles. The van der Waals surface area contributed by atoms with E-state index in [4.69, 9.17) is 4.52 Å². The second-order valence-electron chi connectivity index (χ2n) is 5.25. The maximum atomic E-state index is 9.79. The maximum absolute atomic E-state index is 9.79. The molecule has 2 N–H and O–H groups in total. The smallest absolute Gasteiger partial charge is 0.261 e. The van der Waals surface area contributed by atoms with Crippen LogP contribution in [0.4, 0.5) is 0 Å². The fourth-order valence-electron chi connectivity index (χ4n) is 2.66. The summed E-state index contributed by atoms with van der Waals surface area (Å²) in [4.78, 5) is 4.35. The van der Waals surface area contributed by atoms with Crippen molar-refractivity contribution in [3.63, 3.8) is 0 Å². The zero-order valence-corrected chi connectivity index (χ0v) is 10.7. The minimum atomic E-state index is -0.225. The Kier molecular flexibility index (Phi) is 2.89. The van der Waals surface area contributed by atoms with Crippen molar-refractivity contribution in [2.24, 2.45) is 5.92 Å². The minimum absolute atomic E-state index is 0.188. The summed E-state index contributed by atoms with van der Waals surface area (Å²) in [6.07, 6.45) is 3.34. The molecular weight excluding hydrogens is 244 g/mol.